The number of nitro groups is 1. The van der Waals surface area contributed by atoms with Gasteiger partial charge in [-0.2, -0.15) is 0 Å². The van der Waals surface area contributed by atoms with E-state index in [1.54, 1.807) is 5.43 Å². The third-order valence-electron chi connectivity index (χ3n) is 6.51. The van der Waals surface area contributed by atoms with Gasteiger partial charge in [-0.3, -0.25) is 9.59 Å². The zero-order valence-corrected chi connectivity index (χ0v) is 21.6. The van der Waals surface area contributed by atoms with Gasteiger partial charge in [-0.05, 0) is 62.2 Å². The third-order valence-corrected chi connectivity index (χ3v) is 6.51. The number of nitrogens with two attached hydrogens (primary N) is 1. The van der Waals surface area contributed by atoms with Gasteiger partial charge < -0.3 is 26.4 Å². The Morgan fingerprint density at radius 3 is 2.26 bits per heavy atom. The Balaban J connectivity index is 2.82. The zero-order valence-electron chi connectivity index (χ0n) is 21.6. The molecule has 0 unspecified atom stereocenters. The molecule has 0 heterocycles. The monoisotopic (exact) mass is 498 g/mol. The Kier molecular flexibility index (Phi) is 12.4. The molecule has 0 aromatic rings. The Labute approximate surface area is 208 Å². The van der Waals surface area contributed by atoms with Gasteiger partial charge >= 0.3 is 7.12 Å². The van der Waals surface area contributed by atoms with Crippen LogP contribution in [-0.4, -0.2) is 58.5 Å². The highest BCUT2D eigenvalue weighted by atomic mass is 16.7. The van der Waals surface area contributed by atoms with Gasteiger partial charge in [-0.15, -0.1) is 0 Å². The number of hydrogen-bond donors (Lipinski definition) is 6. The quantitative estimate of drug-likeness (QED) is 0.0566. The second-order valence-corrected chi connectivity index (χ2v) is 10.9. The Hall–Kier alpha value is -2.41. The summed E-state index contributed by atoms with van der Waals surface area (Å²) >= 11 is 0. The van der Waals surface area contributed by atoms with Crippen LogP contribution in [0.3, 0.4) is 0 Å². The molecule has 0 saturated heterocycles. The molecule has 1 aliphatic carbocycles. The van der Waals surface area contributed by atoms with Crippen molar-refractivity contribution < 1.29 is 24.7 Å². The molecule has 0 spiro atoms. The van der Waals surface area contributed by atoms with E-state index in [9.17, 15) is 29.8 Å². The highest BCUT2D eigenvalue weighted by Crippen LogP contribution is 2.39. The van der Waals surface area contributed by atoms with Gasteiger partial charge in [-0.25, -0.2) is 15.1 Å². The minimum absolute atomic E-state index is 0.111. The number of guanidine groups is 1. The molecule has 13 heteroatoms. The lowest BCUT2D eigenvalue weighted by atomic mass is 9.69. The highest BCUT2D eigenvalue weighted by molar-refractivity contribution is 6.43. The predicted octanol–water partition coefficient (Wildman–Crippen LogP) is 0.743. The molecule has 35 heavy (non-hydrogen) atoms. The Bertz CT molecular complexity index is 734. The summed E-state index contributed by atoms with van der Waals surface area (Å²) in [4.78, 5) is 40.3. The van der Waals surface area contributed by atoms with Gasteiger partial charge in [0.1, 0.15) is 6.04 Å². The molecule has 7 N–H and O–H groups in total. The maximum absolute atomic E-state index is 13.0. The molecule has 0 radical (unpaired) electrons. The van der Waals surface area contributed by atoms with Crippen molar-refractivity contribution in [3.8, 4) is 0 Å². The molecule has 0 aliphatic heterocycles. The van der Waals surface area contributed by atoms with E-state index in [1.165, 1.54) is 0 Å². The first-order valence-electron chi connectivity index (χ1n) is 12.4. The van der Waals surface area contributed by atoms with Crippen molar-refractivity contribution in [3.05, 3.63) is 10.1 Å². The maximum Gasteiger partial charge on any atom is 0.475 e. The van der Waals surface area contributed by atoms with Crippen LogP contribution in [0.2, 0.25) is 0 Å². The maximum atomic E-state index is 13.0. The summed E-state index contributed by atoms with van der Waals surface area (Å²) in [6.07, 6.45) is 4.29. The van der Waals surface area contributed by atoms with E-state index in [2.05, 4.69) is 36.4 Å². The summed E-state index contributed by atoms with van der Waals surface area (Å²) in [5, 5.41) is 34.4. The molecule has 1 fully saturated rings. The number of rotatable bonds is 12. The van der Waals surface area contributed by atoms with Gasteiger partial charge in [0.05, 0.1) is 5.94 Å². The fourth-order valence-electron chi connectivity index (χ4n) is 4.45. The zero-order chi connectivity index (χ0) is 26.8. The summed E-state index contributed by atoms with van der Waals surface area (Å²) in [5.41, 5.74) is 7.34. The van der Waals surface area contributed by atoms with Crippen LogP contribution < -0.4 is 21.8 Å². The van der Waals surface area contributed by atoms with Gasteiger partial charge in [0.25, 0.3) is 5.96 Å². The lowest BCUT2D eigenvalue weighted by Gasteiger charge is -2.36. The number of hydrazine groups is 1. The number of amides is 2. The second-order valence-electron chi connectivity index (χ2n) is 10.9. The van der Waals surface area contributed by atoms with E-state index in [-0.39, 0.29) is 42.1 Å². The largest absolute Gasteiger partial charge is 0.475 e. The highest BCUT2D eigenvalue weighted by Gasteiger charge is 2.34. The number of carbonyl (C=O) groups excluding carboxylic acids is 2. The van der Waals surface area contributed by atoms with E-state index in [1.807, 2.05) is 13.8 Å². The molecule has 0 aromatic carbocycles. The van der Waals surface area contributed by atoms with Gasteiger partial charge in [-0.1, -0.05) is 40.0 Å². The van der Waals surface area contributed by atoms with Crippen LogP contribution in [0.1, 0.15) is 79.6 Å². The second kappa shape index (κ2) is 14.2. The van der Waals surface area contributed by atoms with E-state index in [0.29, 0.717) is 18.8 Å². The third kappa shape index (κ3) is 11.7. The molecule has 12 nitrogen and oxygen atoms in total. The van der Waals surface area contributed by atoms with Gasteiger partial charge in [0, 0.05) is 12.5 Å². The van der Waals surface area contributed by atoms with Crippen LogP contribution in [0.5, 0.6) is 0 Å². The van der Waals surface area contributed by atoms with Gasteiger partial charge in [0.2, 0.25) is 11.8 Å². The van der Waals surface area contributed by atoms with E-state index in [0.717, 1.165) is 25.7 Å². The van der Waals surface area contributed by atoms with Crippen molar-refractivity contribution in [1.82, 2.24) is 16.1 Å². The standard InChI is InChI=1S/C22H43BN6O6/c1-14(2)13-18(23(32)33)27-20(31)17(7-6-12-25-21(24)28-29(34)35)26-19(30)15-8-10-16(11-9-15)22(3,4)5/h14-18,32-33H,6-13H2,1-5H3,(H,26,30)(H,27,31)(H3,24,25,28)/t15?,16?,17-,18-/m0/s1. The smallest absolute Gasteiger partial charge is 0.426 e. The lowest BCUT2D eigenvalue weighted by molar-refractivity contribution is -0.525. The predicted molar refractivity (Wildman–Crippen MR) is 134 cm³/mol. The van der Waals surface area contributed by atoms with E-state index >= 15 is 0 Å². The summed E-state index contributed by atoms with van der Waals surface area (Å²) in [5.74, 6) is -1.46. The number of nitrogens with one attached hydrogen (secondary N) is 3. The number of nitrogens with zero attached hydrogens (tertiary/aromatic N) is 2. The van der Waals surface area contributed by atoms with Crippen molar-refractivity contribution >= 4 is 24.9 Å². The topological polar surface area (TPSA) is 192 Å². The summed E-state index contributed by atoms with van der Waals surface area (Å²) in [7, 11) is -1.73. The summed E-state index contributed by atoms with van der Waals surface area (Å²) < 4.78 is 0. The molecule has 200 valence electrons. The molecule has 2 amide bonds. The first kappa shape index (κ1) is 30.6. The lowest BCUT2D eigenvalue weighted by Crippen LogP contribution is -2.55. The average Bonchev–Trinajstić information content (AvgIpc) is 2.73. The number of carbonyl (C=O) groups is 2. The summed E-state index contributed by atoms with van der Waals surface area (Å²) in [6, 6.07) is -0.906. The normalized spacial score (nSPS) is 20.6. The average molecular weight is 498 g/mol. The molecule has 0 aromatic heterocycles. The van der Waals surface area contributed by atoms with Crippen molar-refractivity contribution in [1.29, 1.82) is 0 Å². The van der Waals surface area contributed by atoms with Crippen molar-refractivity contribution in [2.75, 3.05) is 6.54 Å². The van der Waals surface area contributed by atoms with Crippen LogP contribution in [0.25, 0.3) is 0 Å². The molecular formula is C22H43BN6O6. The minimum Gasteiger partial charge on any atom is -0.426 e. The van der Waals surface area contributed by atoms with Gasteiger partial charge in [0.15, 0.2) is 5.03 Å². The van der Waals surface area contributed by atoms with Crippen LogP contribution in [0.15, 0.2) is 4.99 Å². The Morgan fingerprint density at radius 2 is 1.77 bits per heavy atom. The van der Waals surface area contributed by atoms with Crippen LogP contribution in [0, 0.1) is 33.3 Å². The fourth-order valence-corrected chi connectivity index (χ4v) is 4.45. The molecular weight excluding hydrogens is 455 g/mol. The number of aliphatic imine (C=N–C) groups is 1. The van der Waals surface area contributed by atoms with Crippen molar-refractivity contribution in [3.63, 3.8) is 0 Å². The molecule has 1 saturated carbocycles. The van der Waals surface area contributed by atoms with E-state index < -0.39 is 30.0 Å². The first-order valence-corrected chi connectivity index (χ1v) is 12.4. The fraction of sp³-hybridized carbons (Fsp3) is 0.864. The van der Waals surface area contributed by atoms with Crippen molar-refractivity contribution in [2.24, 2.45) is 33.9 Å². The molecule has 0 bridgehead atoms. The van der Waals surface area contributed by atoms with E-state index in [4.69, 9.17) is 5.73 Å². The van der Waals surface area contributed by atoms with Crippen molar-refractivity contribution in [2.45, 2.75) is 91.5 Å². The SMILES string of the molecule is CC(C)C[C@H](NC(=O)[C@H](CCCN=C(N)N[N+](=O)[O-])NC(=O)C1CCC(C(C)(C)C)CC1)B(O)O. The summed E-state index contributed by atoms with van der Waals surface area (Å²) in [6.45, 7) is 10.5. The molecule has 1 rings (SSSR count). The molecule has 2 atom stereocenters. The Morgan fingerprint density at radius 1 is 1.17 bits per heavy atom. The van der Waals surface area contributed by atoms with Crippen LogP contribution >= 0.6 is 0 Å². The first-order chi connectivity index (χ1) is 16.2. The van der Waals surface area contributed by atoms with Crippen LogP contribution in [-0.2, 0) is 9.59 Å². The molecule has 1 aliphatic rings. The van der Waals surface area contributed by atoms with Crippen LogP contribution in [0.4, 0.5) is 0 Å². The minimum atomic E-state index is -1.73. The number of hydrogen-bond acceptors (Lipinski definition) is 7.